The number of carbonyl (C=O) groups is 1. The third kappa shape index (κ3) is 3.36. The van der Waals surface area contributed by atoms with Gasteiger partial charge < -0.3 is 5.32 Å². The Hall–Kier alpha value is -0.570. The molecule has 0 spiro atoms. The Morgan fingerprint density at radius 2 is 2.00 bits per heavy atom. The minimum absolute atomic E-state index is 0.209. The molecule has 1 aromatic carbocycles. The Kier molecular flexibility index (Phi) is 5.11. The maximum absolute atomic E-state index is 12.7. The first-order valence-corrected chi connectivity index (χ1v) is 7.85. The van der Waals surface area contributed by atoms with Crippen molar-refractivity contribution in [2.24, 2.45) is 11.3 Å². The van der Waals surface area contributed by atoms with Gasteiger partial charge >= 0.3 is 0 Å². The summed E-state index contributed by atoms with van der Waals surface area (Å²) in [6.45, 7) is 6.04. The summed E-state index contributed by atoms with van der Waals surface area (Å²) in [5.41, 5.74) is 0.397. The van der Waals surface area contributed by atoms with Crippen LogP contribution in [-0.4, -0.2) is 18.9 Å². The first-order chi connectivity index (χ1) is 9.43. The molecular formula is C16H21Cl2NO. The number of hydrogen-bond donors (Lipinski definition) is 1. The molecule has 1 saturated heterocycles. The average molecular weight is 314 g/mol. The Morgan fingerprint density at radius 1 is 1.35 bits per heavy atom. The topological polar surface area (TPSA) is 29.1 Å². The summed E-state index contributed by atoms with van der Waals surface area (Å²) < 4.78 is 0. The van der Waals surface area contributed by atoms with Crippen molar-refractivity contribution in [3.63, 3.8) is 0 Å². The van der Waals surface area contributed by atoms with Crippen LogP contribution in [-0.2, 0) is 11.2 Å². The van der Waals surface area contributed by atoms with Crippen LogP contribution in [0.3, 0.4) is 0 Å². The highest BCUT2D eigenvalue weighted by Crippen LogP contribution is 2.35. The van der Waals surface area contributed by atoms with E-state index in [2.05, 4.69) is 5.32 Å². The van der Waals surface area contributed by atoms with Crippen molar-refractivity contribution in [2.75, 3.05) is 13.1 Å². The molecule has 0 radical (unpaired) electrons. The molecule has 0 saturated carbocycles. The van der Waals surface area contributed by atoms with Crippen molar-refractivity contribution < 1.29 is 4.79 Å². The number of carbonyl (C=O) groups excluding carboxylic acids is 1. The lowest BCUT2D eigenvalue weighted by atomic mass is 9.71. The molecule has 2 rings (SSSR count). The third-order valence-corrected chi connectivity index (χ3v) is 5.14. The molecule has 1 atom stereocenters. The predicted octanol–water partition coefficient (Wildman–Crippen LogP) is 4.13. The van der Waals surface area contributed by atoms with E-state index in [1.807, 2.05) is 13.8 Å². The van der Waals surface area contributed by atoms with Crippen LogP contribution >= 0.6 is 23.2 Å². The fourth-order valence-electron chi connectivity index (χ4n) is 2.79. The maximum Gasteiger partial charge on any atom is 0.143 e. The van der Waals surface area contributed by atoms with Crippen molar-refractivity contribution in [1.29, 1.82) is 0 Å². The standard InChI is InChI=1S/C16H21Cl2NO/c1-16(2,11-5-4-8-19-10-11)15(20)9-12-13(17)6-3-7-14(12)18/h3,6-7,11,19H,4-5,8-10H2,1-2H3. The molecule has 20 heavy (non-hydrogen) atoms. The number of halogens is 2. The summed E-state index contributed by atoms with van der Waals surface area (Å²) in [4.78, 5) is 12.7. The van der Waals surface area contributed by atoms with Crippen LogP contribution < -0.4 is 5.32 Å². The highest BCUT2D eigenvalue weighted by atomic mass is 35.5. The molecule has 1 aliphatic rings. The van der Waals surface area contributed by atoms with Gasteiger partial charge in [0.1, 0.15) is 5.78 Å². The molecule has 0 bridgehead atoms. The number of ketones is 1. The quantitative estimate of drug-likeness (QED) is 0.905. The fourth-order valence-corrected chi connectivity index (χ4v) is 3.32. The van der Waals surface area contributed by atoms with Crippen molar-refractivity contribution in [3.8, 4) is 0 Å². The lowest BCUT2D eigenvalue weighted by Crippen LogP contribution is -2.43. The monoisotopic (exact) mass is 313 g/mol. The molecule has 1 unspecified atom stereocenters. The molecule has 0 aliphatic carbocycles. The second kappa shape index (κ2) is 6.46. The van der Waals surface area contributed by atoms with Crippen LogP contribution in [0.25, 0.3) is 0 Å². The molecule has 0 aromatic heterocycles. The lowest BCUT2D eigenvalue weighted by molar-refractivity contribution is -0.129. The Morgan fingerprint density at radius 3 is 2.55 bits per heavy atom. The fraction of sp³-hybridized carbons (Fsp3) is 0.562. The second-order valence-corrected chi connectivity index (χ2v) is 6.88. The zero-order valence-electron chi connectivity index (χ0n) is 12.0. The number of hydrogen-bond acceptors (Lipinski definition) is 2. The molecule has 0 amide bonds. The Balaban J connectivity index is 2.14. The molecule has 1 heterocycles. The molecule has 4 heteroatoms. The van der Waals surface area contributed by atoms with Crippen LogP contribution in [0.4, 0.5) is 0 Å². The minimum atomic E-state index is -0.351. The number of nitrogens with one attached hydrogen (secondary N) is 1. The van der Waals surface area contributed by atoms with Gasteiger partial charge in [-0.2, -0.15) is 0 Å². The SMILES string of the molecule is CC(C)(C(=O)Cc1c(Cl)cccc1Cl)C1CCCNC1. The van der Waals surface area contributed by atoms with Gasteiger partial charge in [0.25, 0.3) is 0 Å². The molecule has 2 nitrogen and oxygen atoms in total. The summed E-state index contributed by atoms with van der Waals surface area (Å²) in [7, 11) is 0. The molecule has 110 valence electrons. The van der Waals surface area contributed by atoms with Crippen molar-refractivity contribution >= 4 is 29.0 Å². The van der Waals surface area contributed by atoms with Crippen LogP contribution in [0.15, 0.2) is 18.2 Å². The molecule has 1 N–H and O–H groups in total. The number of benzene rings is 1. The van der Waals surface area contributed by atoms with Gasteiger partial charge in [-0.3, -0.25) is 4.79 Å². The van der Waals surface area contributed by atoms with E-state index in [0.29, 0.717) is 22.4 Å². The van der Waals surface area contributed by atoms with Gasteiger partial charge in [0, 0.05) is 21.9 Å². The van der Waals surface area contributed by atoms with Gasteiger partial charge in [-0.05, 0) is 49.5 Å². The van der Waals surface area contributed by atoms with Crippen molar-refractivity contribution in [2.45, 2.75) is 33.1 Å². The predicted molar refractivity (Wildman–Crippen MR) is 84.5 cm³/mol. The van der Waals surface area contributed by atoms with E-state index in [1.165, 1.54) is 0 Å². The average Bonchev–Trinajstić information content (AvgIpc) is 2.43. The van der Waals surface area contributed by atoms with E-state index in [9.17, 15) is 4.79 Å². The highest BCUT2D eigenvalue weighted by molar-refractivity contribution is 6.36. The summed E-state index contributed by atoms with van der Waals surface area (Å²) in [5.74, 6) is 0.589. The summed E-state index contributed by atoms with van der Waals surface area (Å²) in [6, 6.07) is 5.37. The maximum atomic E-state index is 12.7. The van der Waals surface area contributed by atoms with Crippen LogP contribution in [0.2, 0.25) is 10.0 Å². The molecule has 1 fully saturated rings. The first kappa shape index (κ1) is 15.8. The number of Topliss-reactive ketones (excluding diaryl/α,β-unsaturated/α-hetero) is 1. The van der Waals surface area contributed by atoms with E-state index < -0.39 is 0 Å². The zero-order chi connectivity index (χ0) is 14.8. The molecule has 1 aromatic rings. The highest BCUT2D eigenvalue weighted by Gasteiger charge is 2.37. The van der Waals surface area contributed by atoms with E-state index >= 15 is 0 Å². The molecule has 1 aliphatic heterocycles. The third-order valence-electron chi connectivity index (χ3n) is 4.44. The van der Waals surface area contributed by atoms with E-state index in [0.717, 1.165) is 31.5 Å². The molecular weight excluding hydrogens is 293 g/mol. The Bertz CT molecular complexity index is 473. The van der Waals surface area contributed by atoms with Gasteiger partial charge in [0.05, 0.1) is 0 Å². The van der Waals surface area contributed by atoms with Crippen LogP contribution in [0.5, 0.6) is 0 Å². The van der Waals surface area contributed by atoms with E-state index in [1.54, 1.807) is 18.2 Å². The second-order valence-electron chi connectivity index (χ2n) is 6.07. The van der Waals surface area contributed by atoms with Gasteiger partial charge in [0.15, 0.2) is 0 Å². The lowest BCUT2D eigenvalue weighted by Gasteiger charge is -2.36. The van der Waals surface area contributed by atoms with Crippen LogP contribution in [0, 0.1) is 11.3 Å². The summed E-state index contributed by atoms with van der Waals surface area (Å²) in [5, 5.41) is 4.52. The van der Waals surface area contributed by atoms with Gasteiger partial charge in [-0.25, -0.2) is 0 Å². The Labute approximate surface area is 130 Å². The van der Waals surface area contributed by atoms with Crippen molar-refractivity contribution in [3.05, 3.63) is 33.8 Å². The number of piperidine rings is 1. The smallest absolute Gasteiger partial charge is 0.143 e. The number of rotatable bonds is 4. The van der Waals surface area contributed by atoms with Crippen molar-refractivity contribution in [1.82, 2.24) is 5.32 Å². The summed E-state index contributed by atoms with van der Waals surface area (Å²) in [6.07, 6.45) is 2.54. The van der Waals surface area contributed by atoms with E-state index in [-0.39, 0.29) is 11.2 Å². The first-order valence-electron chi connectivity index (χ1n) is 7.10. The van der Waals surface area contributed by atoms with Gasteiger partial charge in [-0.15, -0.1) is 0 Å². The van der Waals surface area contributed by atoms with Gasteiger partial charge in [0.2, 0.25) is 0 Å². The largest absolute Gasteiger partial charge is 0.316 e. The normalized spacial score (nSPS) is 19.9. The van der Waals surface area contributed by atoms with Crippen LogP contribution in [0.1, 0.15) is 32.3 Å². The summed E-state index contributed by atoms with van der Waals surface area (Å²) >= 11 is 12.3. The zero-order valence-corrected chi connectivity index (χ0v) is 13.5. The minimum Gasteiger partial charge on any atom is -0.316 e. The van der Waals surface area contributed by atoms with Gasteiger partial charge in [-0.1, -0.05) is 43.1 Å². The van der Waals surface area contributed by atoms with E-state index in [4.69, 9.17) is 23.2 Å².